The minimum absolute atomic E-state index is 0.256. The maximum atomic E-state index is 12.6. The number of rotatable bonds is 4. The fourth-order valence-electron chi connectivity index (χ4n) is 3.75. The van der Waals surface area contributed by atoms with E-state index in [2.05, 4.69) is 0 Å². The van der Waals surface area contributed by atoms with Crippen LogP contribution in [0, 0.1) is 0 Å². The molecule has 4 rings (SSSR count). The van der Waals surface area contributed by atoms with E-state index in [4.69, 9.17) is 9.47 Å². The SMILES string of the molecule is COc1ccc2ccc(OC(=O)N3CCC(c4ccc(SF)cc4)CC3)cc2c1. The highest BCUT2D eigenvalue weighted by atomic mass is 32.2. The fraction of sp³-hybridized carbons (Fsp3) is 0.261. The maximum absolute atomic E-state index is 12.6. The summed E-state index contributed by atoms with van der Waals surface area (Å²) in [5.74, 6) is 1.67. The average molecular weight is 411 g/mol. The lowest BCUT2D eigenvalue weighted by Crippen LogP contribution is -2.39. The summed E-state index contributed by atoms with van der Waals surface area (Å²) in [6, 6.07) is 19.0. The third-order valence-corrected chi connectivity index (χ3v) is 5.87. The summed E-state index contributed by atoms with van der Waals surface area (Å²) >= 11 is 0.256. The molecule has 0 saturated carbocycles. The minimum Gasteiger partial charge on any atom is -0.497 e. The van der Waals surface area contributed by atoms with Crippen molar-refractivity contribution in [3.63, 3.8) is 0 Å². The minimum atomic E-state index is -0.324. The van der Waals surface area contributed by atoms with Gasteiger partial charge in [-0.05, 0) is 71.5 Å². The summed E-state index contributed by atoms with van der Waals surface area (Å²) < 4.78 is 23.5. The van der Waals surface area contributed by atoms with E-state index in [0.717, 1.165) is 29.4 Å². The molecule has 1 amide bonds. The lowest BCUT2D eigenvalue weighted by Gasteiger charge is -2.31. The predicted molar refractivity (Wildman–Crippen MR) is 113 cm³/mol. The number of nitrogens with zero attached hydrogens (tertiary/aromatic N) is 1. The molecule has 0 spiro atoms. The highest BCUT2D eigenvalue weighted by Crippen LogP contribution is 2.31. The van der Waals surface area contributed by atoms with Gasteiger partial charge in [0.1, 0.15) is 11.5 Å². The predicted octanol–water partition coefficient (Wildman–Crippen LogP) is 6.20. The summed E-state index contributed by atoms with van der Waals surface area (Å²) in [5, 5.41) is 2.02. The van der Waals surface area contributed by atoms with Gasteiger partial charge in [0.15, 0.2) is 0 Å². The number of carbonyl (C=O) groups excluding carboxylic acids is 1. The second-order valence-electron chi connectivity index (χ2n) is 7.15. The zero-order chi connectivity index (χ0) is 20.2. The molecule has 0 aromatic heterocycles. The molecule has 1 saturated heterocycles. The Kier molecular flexibility index (Phi) is 5.90. The van der Waals surface area contributed by atoms with Crippen LogP contribution < -0.4 is 9.47 Å². The Morgan fingerprint density at radius 3 is 2.28 bits per heavy atom. The van der Waals surface area contributed by atoms with Gasteiger partial charge in [-0.3, -0.25) is 0 Å². The van der Waals surface area contributed by atoms with Gasteiger partial charge in [0.05, 0.1) is 19.3 Å². The summed E-state index contributed by atoms with van der Waals surface area (Å²) in [4.78, 5) is 14.9. The highest BCUT2D eigenvalue weighted by molar-refractivity contribution is 7.94. The summed E-state index contributed by atoms with van der Waals surface area (Å²) in [7, 11) is 1.63. The van der Waals surface area contributed by atoms with Gasteiger partial charge in [-0.15, -0.1) is 0 Å². The Balaban J connectivity index is 1.37. The van der Waals surface area contributed by atoms with Crippen molar-refractivity contribution < 1.29 is 18.2 Å². The first-order valence-corrected chi connectivity index (χ1v) is 10.3. The van der Waals surface area contributed by atoms with Crippen LogP contribution in [-0.2, 0) is 0 Å². The molecule has 1 heterocycles. The molecule has 0 radical (unpaired) electrons. The molecule has 6 heteroatoms. The number of piperidine rings is 1. The van der Waals surface area contributed by atoms with Crippen LogP contribution in [0.3, 0.4) is 0 Å². The van der Waals surface area contributed by atoms with Crippen LogP contribution in [-0.4, -0.2) is 31.2 Å². The Bertz CT molecular complexity index is 1000. The molecule has 0 atom stereocenters. The first-order chi connectivity index (χ1) is 14.2. The van der Waals surface area contributed by atoms with Crippen LogP contribution in [0.15, 0.2) is 65.6 Å². The van der Waals surface area contributed by atoms with E-state index >= 15 is 0 Å². The van der Waals surface area contributed by atoms with Crippen LogP contribution in [0.5, 0.6) is 11.5 Å². The molecule has 29 heavy (non-hydrogen) atoms. The molecule has 1 aliphatic heterocycles. The van der Waals surface area contributed by atoms with Gasteiger partial charge < -0.3 is 14.4 Å². The Morgan fingerprint density at radius 1 is 0.966 bits per heavy atom. The molecule has 0 aliphatic carbocycles. The normalized spacial score (nSPS) is 14.8. The number of carbonyl (C=O) groups is 1. The molecule has 0 unspecified atom stereocenters. The quantitative estimate of drug-likeness (QED) is 0.512. The Labute approximate surface area is 173 Å². The fourth-order valence-corrected chi connectivity index (χ4v) is 3.98. The smallest absolute Gasteiger partial charge is 0.415 e. The first kappa shape index (κ1) is 19.6. The van der Waals surface area contributed by atoms with Gasteiger partial charge in [0.25, 0.3) is 0 Å². The molecule has 4 nitrogen and oxygen atoms in total. The summed E-state index contributed by atoms with van der Waals surface area (Å²) in [6.07, 6.45) is 1.41. The van der Waals surface area contributed by atoms with Crippen molar-refractivity contribution in [2.45, 2.75) is 23.7 Å². The van der Waals surface area contributed by atoms with Crippen molar-refractivity contribution in [2.75, 3.05) is 20.2 Å². The average Bonchev–Trinajstić information content (AvgIpc) is 2.78. The van der Waals surface area contributed by atoms with Crippen molar-refractivity contribution in [2.24, 2.45) is 0 Å². The molecule has 0 N–H and O–H groups in total. The van der Waals surface area contributed by atoms with Gasteiger partial charge in [-0.1, -0.05) is 24.3 Å². The number of fused-ring (bicyclic) bond motifs is 1. The van der Waals surface area contributed by atoms with Gasteiger partial charge in [-0.2, -0.15) is 3.89 Å². The molecular weight excluding hydrogens is 389 g/mol. The number of hydrogen-bond acceptors (Lipinski definition) is 4. The van der Waals surface area contributed by atoms with E-state index < -0.39 is 0 Å². The van der Waals surface area contributed by atoms with E-state index in [9.17, 15) is 8.68 Å². The lowest BCUT2D eigenvalue weighted by atomic mass is 9.90. The second-order valence-corrected chi connectivity index (χ2v) is 7.78. The monoisotopic (exact) mass is 411 g/mol. The highest BCUT2D eigenvalue weighted by Gasteiger charge is 2.25. The second kappa shape index (κ2) is 8.74. The molecule has 3 aromatic rings. The van der Waals surface area contributed by atoms with E-state index in [0.29, 0.717) is 29.7 Å². The van der Waals surface area contributed by atoms with E-state index in [1.165, 1.54) is 5.56 Å². The van der Waals surface area contributed by atoms with E-state index in [1.807, 2.05) is 48.5 Å². The van der Waals surface area contributed by atoms with Crippen LogP contribution >= 0.6 is 12.1 Å². The Hall–Kier alpha value is -2.73. The number of methoxy groups -OCH3 is 1. The van der Waals surface area contributed by atoms with Crippen LogP contribution in [0.2, 0.25) is 0 Å². The Morgan fingerprint density at radius 2 is 1.62 bits per heavy atom. The van der Waals surface area contributed by atoms with Gasteiger partial charge in [0, 0.05) is 18.0 Å². The van der Waals surface area contributed by atoms with Crippen molar-refractivity contribution in [1.29, 1.82) is 0 Å². The largest absolute Gasteiger partial charge is 0.497 e. The van der Waals surface area contributed by atoms with Crippen molar-refractivity contribution >= 4 is 29.0 Å². The topological polar surface area (TPSA) is 38.8 Å². The third kappa shape index (κ3) is 4.48. The van der Waals surface area contributed by atoms with E-state index in [-0.39, 0.29) is 18.2 Å². The third-order valence-electron chi connectivity index (χ3n) is 5.42. The van der Waals surface area contributed by atoms with Crippen molar-refractivity contribution in [1.82, 2.24) is 4.90 Å². The van der Waals surface area contributed by atoms with Gasteiger partial charge in [0.2, 0.25) is 0 Å². The van der Waals surface area contributed by atoms with Crippen molar-refractivity contribution in [3.8, 4) is 11.5 Å². The summed E-state index contributed by atoms with van der Waals surface area (Å²) in [5.41, 5.74) is 1.19. The van der Waals surface area contributed by atoms with Crippen molar-refractivity contribution in [3.05, 3.63) is 66.2 Å². The van der Waals surface area contributed by atoms with Crippen LogP contribution in [0.25, 0.3) is 10.8 Å². The number of amides is 1. The molecule has 1 aliphatic rings. The van der Waals surface area contributed by atoms with Gasteiger partial charge in [-0.25, -0.2) is 4.79 Å². The molecule has 1 fully saturated rings. The number of hydrogen-bond donors (Lipinski definition) is 0. The first-order valence-electron chi connectivity index (χ1n) is 9.59. The molecule has 150 valence electrons. The number of benzene rings is 3. The summed E-state index contributed by atoms with van der Waals surface area (Å²) in [6.45, 7) is 1.29. The molecule has 3 aromatic carbocycles. The zero-order valence-corrected chi connectivity index (χ0v) is 17.0. The lowest BCUT2D eigenvalue weighted by molar-refractivity contribution is 0.139. The zero-order valence-electron chi connectivity index (χ0n) is 16.1. The molecule has 0 bridgehead atoms. The number of likely N-dealkylation sites (tertiary alicyclic amines) is 1. The van der Waals surface area contributed by atoms with Crippen LogP contribution in [0.1, 0.15) is 24.3 Å². The maximum Gasteiger partial charge on any atom is 0.415 e. The standard InChI is InChI=1S/C23H22FNO3S/c1-27-20-6-2-17-3-7-21(15-19(17)14-20)28-23(26)25-12-10-18(11-13-25)16-4-8-22(29-24)9-5-16/h2-9,14-15,18H,10-13H2,1H3. The molecular formula is C23H22FNO3S. The van der Waals surface area contributed by atoms with Crippen LogP contribution in [0.4, 0.5) is 8.68 Å². The number of ether oxygens (including phenoxy) is 2. The number of halogens is 1. The van der Waals surface area contributed by atoms with Gasteiger partial charge >= 0.3 is 6.09 Å². The van der Waals surface area contributed by atoms with E-state index in [1.54, 1.807) is 24.1 Å².